The van der Waals surface area contributed by atoms with E-state index in [0.717, 1.165) is 0 Å². The summed E-state index contributed by atoms with van der Waals surface area (Å²) in [5, 5.41) is 13.3. The number of hydrogen-bond acceptors (Lipinski definition) is 6. The third kappa shape index (κ3) is 5.80. The van der Waals surface area contributed by atoms with Crippen LogP contribution < -0.4 is 14.8 Å². The number of para-hydroxylation sites is 1. The SMILES string of the molecule is CC(Oc1ccc([N+](=O)[O-])cc1)C(=O)Nc1ccc(S(=O)(=O)Nc2ccccc2)cc1. The molecule has 3 aromatic rings. The highest BCUT2D eigenvalue weighted by atomic mass is 32.2. The Balaban J connectivity index is 1.60. The van der Waals surface area contributed by atoms with Crippen LogP contribution in [0.15, 0.2) is 83.8 Å². The van der Waals surface area contributed by atoms with Gasteiger partial charge >= 0.3 is 0 Å². The fraction of sp³-hybridized carbons (Fsp3) is 0.0952. The van der Waals surface area contributed by atoms with E-state index >= 15 is 0 Å². The molecule has 1 atom stereocenters. The van der Waals surface area contributed by atoms with E-state index in [-0.39, 0.29) is 10.6 Å². The predicted molar refractivity (Wildman–Crippen MR) is 116 cm³/mol. The van der Waals surface area contributed by atoms with E-state index in [2.05, 4.69) is 10.0 Å². The molecule has 10 heteroatoms. The number of non-ortho nitro benzene ring substituents is 1. The zero-order valence-electron chi connectivity index (χ0n) is 16.4. The van der Waals surface area contributed by atoms with Crippen LogP contribution in [0.1, 0.15) is 6.92 Å². The number of nitro groups is 1. The van der Waals surface area contributed by atoms with Gasteiger partial charge in [-0.25, -0.2) is 8.42 Å². The summed E-state index contributed by atoms with van der Waals surface area (Å²) < 4.78 is 32.9. The lowest BCUT2D eigenvalue weighted by atomic mass is 10.3. The van der Waals surface area contributed by atoms with Crippen LogP contribution in [0.4, 0.5) is 17.1 Å². The molecule has 0 saturated carbocycles. The third-order valence-corrected chi connectivity index (χ3v) is 5.58. The third-order valence-electron chi connectivity index (χ3n) is 4.19. The second-order valence-electron chi connectivity index (χ2n) is 6.50. The first kappa shape index (κ1) is 21.8. The van der Waals surface area contributed by atoms with Crippen LogP contribution in [0.5, 0.6) is 5.75 Å². The molecule has 0 bridgehead atoms. The smallest absolute Gasteiger partial charge is 0.269 e. The number of hydrogen-bond donors (Lipinski definition) is 2. The molecule has 0 spiro atoms. The van der Waals surface area contributed by atoms with Crippen molar-refractivity contribution < 1.29 is 22.9 Å². The Kier molecular flexibility index (Phi) is 6.51. The van der Waals surface area contributed by atoms with Crippen molar-refractivity contribution in [1.82, 2.24) is 0 Å². The minimum Gasteiger partial charge on any atom is -0.481 e. The summed E-state index contributed by atoms with van der Waals surface area (Å²) in [6.45, 7) is 1.53. The minimum atomic E-state index is -3.76. The number of nitrogens with zero attached hydrogens (tertiary/aromatic N) is 1. The molecule has 0 aliphatic rings. The van der Waals surface area contributed by atoms with Crippen LogP contribution in [0.25, 0.3) is 0 Å². The molecule has 3 rings (SSSR count). The molecule has 31 heavy (non-hydrogen) atoms. The van der Waals surface area contributed by atoms with Gasteiger partial charge in [-0.3, -0.25) is 19.6 Å². The molecule has 0 aliphatic carbocycles. The van der Waals surface area contributed by atoms with E-state index in [4.69, 9.17) is 4.74 Å². The van der Waals surface area contributed by atoms with Crippen LogP contribution in [0, 0.1) is 10.1 Å². The van der Waals surface area contributed by atoms with E-state index in [9.17, 15) is 23.3 Å². The Morgan fingerprint density at radius 1 is 0.935 bits per heavy atom. The second-order valence-corrected chi connectivity index (χ2v) is 8.18. The van der Waals surface area contributed by atoms with Crippen molar-refractivity contribution in [2.45, 2.75) is 17.9 Å². The maximum Gasteiger partial charge on any atom is 0.269 e. The lowest BCUT2D eigenvalue weighted by molar-refractivity contribution is -0.384. The lowest BCUT2D eigenvalue weighted by Crippen LogP contribution is -2.30. The molecule has 1 amide bonds. The Morgan fingerprint density at radius 3 is 2.13 bits per heavy atom. The Hall–Kier alpha value is -3.92. The molecular formula is C21H19N3O6S. The first-order valence-electron chi connectivity index (χ1n) is 9.14. The number of amides is 1. The van der Waals surface area contributed by atoms with E-state index < -0.39 is 27.0 Å². The molecule has 0 aliphatic heterocycles. The molecule has 0 aromatic heterocycles. The van der Waals surface area contributed by atoms with Gasteiger partial charge in [0.1, 0.15) is 5.75 Å². The number of carbonyl (C=O) groups excluding carboxylic acids is 1. The van der Waals surface area contributed by atoms with E-state index in [0.29, 0.717) is 17.1 Å². The Bertz CT molecular complexity index is 1160. The average molecular weight is 441 g/mol. The molecule has 160 valence electrons. The number of nitro benzene ring substituents is 1. The molecule has 0 saturated heterocycles. The predicted octanol–water partition coefficient (Wildman–Crippen LogP) is 3.80. The maximum atomic E-state index is 12.5. The number of benzene rings is 3. The van der Waals surface area contributed by atoms with Crippen LogP contribution in [0.2, 0.25) is 0 Å². The van der Waals surface area contributed by atoms with Crippen molar-refractivity contribution in [2.75, 3.05) is 10.0 Å². The molecule has 3 aromatic carbocycles. The zero-order valence-corrected chi connectivity index (χ0v) is 17.2. The number of ether oxygens (including phenoxy) is 1. The number of nitrogens with one attached hydrogen (secondary N) is 2. The summed E-state index contributed by atoms with van der Waals surface area (Å²) >= 11 is 0. The molecule has 9 nitrogen and oxygen atoms in total. The summed E-state index contributed by atoms with van der Waals surface area (Å²) in [5.74, 6) is -0.155. The standard InChI is InChI=1S/C21H19N3O6S/c1-15(30-19-11-9-18(10-12-19)24(26)27)21(25)22-16-7-13-20(14-8-16)31(28,29)23-17-5-3-2-4-6-17/h2-15,23H,1H3,(H,22,25). The fourth-order valence-corrected chi connectivity index (χ4v) is 3.64. The summed E-state index contributed by atoms with van der Waals surface area (Å²) in [6, 6.07) is 19.6. The number of rotatable bonds is 8. The van der Waals surface area contributed by atoms with Crippen molar-refractivity contribution in [3.05, 3.63) is 89.0 Å². The average Bonchev–Trinajstić information content (AvgIpc) is 2.75. The molecule has 0 radical (unpaired) electrons. The molecule has 1 unspecified atom stereocenters. The molecule has 0 heterocycles. The van der Waals surface area contributed by atoms with Crippen LogP contribution in [0.3, 0.4) is 0 Å². The first-order valence-corrected chi connectivity index (χ1v) is 10.6. The Morgan fingerprint density at radius 2 is 1.55 bits per heavy atom. The van der Waals surface area contributed by atoms with Gasteiger partial charge in [-0.2, -0.15) is 0 Å². The zero-order chi connectivity index (χ0) is 22.4. The molecule has 0 fully saturated rings. The first-order chi connectivity index (χ1) is 14.7. The van der Waals surface area contributed by atoms with Gasteiger partial charge in [0.15, 0.2) is 6.10 Å². The second kappa shape index (κ2) is 9.26. The topological polar surface area (TPSA) is 128 Å². The number of anilines is 2. The maximum absolute atomic E-state index is 12.5. The summed E-state index contributed by atoms with van der Waals surface area (Å²) in [7, 11) is -3.76. The van der Waals surface area contributed by atoms with Crippen LogP contribution >= 0.6 is 0 Å². The monoisotopic (exact) mass is 441 g/mol. The van der Waals surface area contributed by atoms with Crippen molar-refractivity contribution in [1.29, 1.82) is 0 Å². The van der Waals surface area contributed by atoms with Crippen molar-refractivity contribution in [3.8, 4) is 5.75 Å². The van der Waals surface area contributed by atoms with Gasteiger partial charge in [0.05, 0.1) is 9.82 Å². The summed E-state index contributed by atoms with van der Waals surface area (Å²) in [5.41, 5.74) is 0.751. The van der Waals surface area contributed by atoms with E-state index in [1.165, 1.54) is 55.5 Å². The highest BCUT2D eigenvalue weighted by Crippen LogP contribution is 2.20. The number of carbonyl (C=O) groups is 1. The molecular weight excluding hydrogens is 422 g/mol. The van der Waals surface area contributed by atoms with Gasteiger partial charge in [-0.1, -0.05) is 18.2 Å². The van der Waals surface area contributed by atoms with Crippen molar-refractivity contribution >= 4 is 33.0 Å². The minimum absolute atomic E-state index is 0.0459. The fourth-order valence-electron chi connectivity index (χ4n) is 2.59. The van der Waals surface area contributed by atoms with Crippen molar-refractivity contribution in [3.63, 3.8) is 0 Å². The van der Waals surface area contributed by atoms with Crippen LogP contribution in [-0.4, -0.2) is 25.4 Å². The molecule has 2 N–H and O–H groups in total. The van der Waals surface area contributed by atoms with Gasteiger partial charge in [0.2, 0.25) is 0 Å². The number of sulfonamides is 1. The van der Waals surface area contributed by atoms with Crippen molar-refractivity contribution in [2.24, 2.45) is 0 Å². The summed E-state index contributed by atoms with van der Waals surface area (Å²) in [4.78, 5) is 22.5. The summed E-state index contributed by atoms with van der Waals surface area (Å²) in [6.07, 6.45) is -0.885. The largest absolute Gasteiger partial charge is 0.481 e. The Labute approximate surface area is 178 Å². The highest BCUT2D eigenvalue weighted by molar-refractivity contribution is 7.92. The van der Waals surface area contributed by atoms with E-state index in [1.807, 2.05) is 0 Å². The van der Waals surface area contributed by atoms with Gasteiger partial charge in [-0.05, 0) is 55.5 Å². The quantitative estimate of drug-likeness (QED) is 0.404. The normalized spacial score (nSPS) is 11.9. The van der Waals surface area contributed by atoms with E-state index in [1.54, 1.807) is 30.3 Å². The lowest BCUT2D eigenvalue weighted by Gasteiger charge is -2.15. The van der Waals surface area contributed by atoms with Crippen LogP contribution in [-0.2, 0) is 14.8 Å². The highest BCUT2D eigenvalue weighted by Gasteiger charge is 2.17. The van der Waals surface area contributed by atoms with Gasteiger partial charge in [-0.15, -0.1) is 0 Å². The van der Waals surface area contributed by atoms with Gasteiger partial charge in [0.25, 0.3) is 21.6 Å². The van der Waals surface area contributed by atoms with Gasteiger partial charge in [0, 0.05) is 23.5 Å². The van der Waals surface area contributed by atoms with Gasteiger partial charge < -0.3 is 10.1 Å².